The number of carbonyl (C=O) groups excluding carboxylic acids is 1. The van der Waals surface area contributed by atoms with Crippen LogP contribution in [0.2, 0.25) is 0 Å². The first kappa shape index (κ1) is 18.1. The third kappa shape index (κ3) is 3.33. The normalized spacial score (nSPS) is 15.5. The number of carbonyl (C=O) groups is 2. The summed E-state index contributed by atoms with van der Waals surface area (Å²) >= 11 is 0. The second-order valence-corrected chi connectivity index (χ2v) is 7.17. The van der Waals surface area contributed by atoms with E-state index in [1.807, 2.05) is 30.3 Å². The minimum atomic E-state index is -1.02. The van der Waals surface area contributed by atoms with Crippen molar-refractivity contribution in [1.29, 1.82) is 0 Å². The van der Waals surface area contributed by atoms with E-state index in [0.29, 0.717) is 12.3 Å². The van der Waals surface area contributed by atoms with Gasteiger partial charge < -0.3 is 20.1 Å². The van der Waals surface area contributed by atoms with Crippen LogP contribution in [0.25, 0.3) is 10.9 Å². The average Bonchev–Trinajstić information content (AvgIpc) is 3.20. The van der Waals surface area contributed by atoms with Gasteiger partial charge in [-0.1, -0.05) is 36.4 Å². The van der Waals surface area contributed by atoms with E-state index in [0.717, 1.165) is 29.3 Å². The summed E-state index contributed by atoms with van der Waals surface area (Å²) in [5, 5.41) is 9.92. The predicted molar refractivity (Wildman–Crippen MR) is 105 cm³/mol. The predicted octanol–water partition coefficient (Wildman–Crippen LogP) is 3.06. The van der Waals surface area contributed by atoms with Gasteiger partial charge in [0.25, 0.3) is 0 Å². The van der Waals surface area contributed by atoms with E-state index in [1.165, 1.54) is 11.3 Å². The zero-order valence-corrected chi connectivity index (χ0v) is 15.4. The molecule has 2 aromatic carbocycles. The summed E-state index contributed by atoms with van der Waals surface area (Å²) in [4.78, 5) is 22.6. The molecule has 28 heavy (non-hydrogen) atoms. The maximum Gasteiger partial charge on any atom is 0.341 e. The number of aromatic nitrogens is 1. The Bertz CT molecular complexity index is 1040. The van der Waals surface area contributed by atoms with Crippen molar-refractivity contribution in [3.05, 3.63) is 65.4 Å². The quantitative estimate of drug-likeness (QED) is 0.661. The number of benzene rings is 2. The number of rotatable bonds is 7. The van der Waals surface area contributed by atoms with Crippen molar-refractivity contribution in [3.63, 3.8) is 0 Å². The van der Waals surface area contributed by atoms with E-state index in [-0.39, 0.29) is 18.2 Å². The number of carboxylic acid groups (broad SMARTS) is 1. The van der Waals surface area contributed by atoms with Gasteiger partial charge in [-0.25, -0.2) is 4.79 Å². The van der Waals surface area contributed by atoms with Crippen molar-refractivity contribution >= 4 is 22.8 Å². The van der Waals surface area contributed by atoms with Crippen LogP contribution in [0.15, 0.2) is 48.5 Å². The van der Waals surface area contributed by atoms with Gasteiger partial charge in [-0.3, -0.25) is 4.79 Å². The molecule has 1 unspecified atom stereocenters. The first-order valence-corrected chi connectivity index (χ1v) is 9.35. The molecule has 0 aliphatic heterocycles. The number of aliphatic carboxylic acids is 1. The second kappa shape index (κ2) is 7.38. The van der Waals surface area contributed by atoms with Crippen molar-refractivity contribution in [1.82, 2.24) is 4.57 Å². The van der Waals surface area contributed by atoms with Crippen LogP contribution in [0.1, 0.15) is 35.6 Å². The molecule has 0 fully saturated rings. The van der Waals surface area contributed by atoms with Crippen molar-refractivity contribution in [2.45, 2.75) is 31.7 Å². The highest BCUT2D eigenvalue weighted by molar-refractivity contribution is 5.93. The van der Waals surface area contributed by atoms with Crippen LogP contribution in [-0.2, 0) is 22.6 Å². The fourth-order valence-electron chi connectivity index (χ4n) is 4.27. The minimum absolute atomic E-state index is 0.0293. The number of ether oxygens (including phenoxy) is 1. The maximum atomic E-state index is 11.6. The molecule has 1 amide bonds. The van der Waals surface area contributed by atoms with Gasteiger partial charge in [0, 0.05) is 24.0 Å². The lowest BCUT2D eigenvalue weighted by Gasteiger charge is -2.12. The van der Waals surface area contributed by atoms with Crippen LogP contribution in [-0.4, -0.2) is 28.2 Å². The molecule has 0 bridgehead atoms. The zero-order chi connectivity index (χ0) is 19.7. The van der Waals surface area contributed by atoms with Gasteiger partial charge in [0.1, 0.15) is 5.75 Å². The molecule has 6 nitrogen and oxygen atoms in total. The molecule has 1 aliphatic rings. The second-order valence-electron chi connectivity index (χ2n) is 7.17. The number of carboxylic acids is 1. The van der Waals surface area contributed by atoms with Crippen LogP contribution < -0.4 is 10.5 Å². The summed E-state index contributed by atoms with van der Waals surface area (Å²) in [7, 11) is 0. The number of amides is 1. The Hall–Kier alpha value is -3.28. The molecular formula is C22H22N2O4. The summed E-state index contributed by atoms with van der Waals surface area (Å²) in [5.41, 5.74) is 9.91. The SMILES string of the molecule is NC(=O)CC1CCc2c1c1c(OCC(=O)O)cccc1n2Cc1ccccc1. The average molecular weight is 378 g/mol. The van der Waals surface area contributed by atoms with Gasteiger partial charge in [0.2, 0.25) is 5.91 Å². The Kier molecular flexibility index (Phi) is 4.77. The standard InChI is InChI=1S/C22H22N2O4/c23-19(25)11-15-9-10-17-21(15)22-16(7-4-8-18(22)28-13-20(26)27)24(17)12-14-5-2-1-3-6-14/h1-8,15H,9-13H2,(H2,23,25)(H,26,27). The minimum Gasteiger partial charge on any atom is -0.481 e. The Morgan fingerprint density at radius 1 is 1.14 bits per heavy atom. The molecule has 1 heterocycles. The van der Waals surface area contributed by atoms with Gasteiger partial charge in [-0.2, -0.15) is 0 Å². The van der Waals surface area contributed by atoms with Crippen LogP contribution in [0.4, 0.5) is 0 Å². The van der Waals surface area contributed by atoms with Crippen molar-refractivity contribution in [2.24, 2.45) is 5.73 Å². The van der Waals surface area contributed by atoms with Gasteiger partial charge in [0.15, 0.2) is 6.61 Å². The molecule has 1 atom stereocenters. The Morgan fingerprint density at radius 2 is 1.93 bits per heavy atom. The van der Waals surface area contributed by atoms with Crippen LogP contribution in [0, 0.1) is 0 Å². The third-order valence-electron chi connectivity index (χ3n) is 5.32. The lowest BCUT2D eigenvalue weighted by molar-refractivity contribution is -0.139. The molecule has 1 aliphatic carbocycles. The summed E-state index contributed by atoms with van der Waals surface area (Å²) in [5.74, 6) is -0.780. The summed E-state index contributed by atoms with van der Waals surface area (Å²) in [6.07, 6.45) is 1.99. The van der Waals surface area contributed by atoms with Crippen LogP contribution in [0.3, 0.4) is 0 Å². The first-order valence-electron chi connectivity index (χ1n) is 9.35. The molecule has 4 rings (SSSR count). The summed E-state index contributed by atoms with van der Waals surface area (Å²) in [6, 6.07) is 15.9. The highest BCUT2D eigenvalue weighted by Gasteiger charge is 2.32. The van der Waals surface area contributed by atoms with Crippen LogP contribution >= 0.6 is 0 Å². The monoisotopic (exact) mass is 378 g/mol. The molecule has 0 saturated heterocycles. The van der Waals surface area contributed by atoms with Crippen molar-refractivity contribution in [2.75, 3.05) is 6.61 Å². The molecule has 3 N–H and O–H groups in total. The lowest BCUT2D eigenvalue weighted by Crippen LogP contribution is -2.14. The topological polar surface area (TPSA) is 94.6 Å². The molecule has 0 saturated carbocycles. The third-order valence-corrected chi connectivity index (χ3v) is 5.32. The summed E-state index contributed by atoms with van der Waals surface area (Å²) in [6.45, 7) is 0.302. The van der Waals surface area contributed by atoms with Gasteiger partial charge in [-0.05, 0) is 42.0 Å². The smallest absolute Gasteiger partial charge is 0.341 e. The number of primary amides is 1. The number of nitrogens with two attached hydrogens (primary N) is 1. The fourth-order valence-corrected chi connectivity index (χ4v) is 4.27. The van der Waals surface area contributed by atoms with E-state index in [2.05, 4.69) is 16.7 Å². The van der Waals surface area contributed by atoms with Crippen molar-refractivity contribution < 1.29 is 19.4 Å². The highest BCUT2D eigenvalue weighted by Crippen LogP contribution is 2.45. The maximum absolute atomic E-state index is 11.6. The molecule has 6 heteroatoms. The molecule has 0 spiro atoms. The van der Waals surface area contributed by atoms with E-state index in [9.17, 15) is 9.59 Å². The molecule has 3 aromatic rings. The molecular weight excluding hydrogens is 356 g/mol. The van der Waals surface area contributed by atoms with E-state index < -0.39 is 12.6 Å². The Labute approximate surface area is 162 Å². The van der Waals surface area contributed by atoms with Gasteiger partial charge in [-0.15, -0.1) is 0 Å². The van der Waals surface area contributed by atoms with Gasteiger partial charge in [0.05, 0.1) is 5.52 Å². The zero-order valence-electron chi connectivity index (χ0n) is 15.4. The van der Waals surface area contributed by atoms with Crippen LogP contribution in [0.5, 0.6) is 5.75 Å². The van der Waals surface area contributed by atoms with Gasteiger partial charge >= 0.3 is 5.97 Å². The Balaban J connectivity index is 1.87. The summed E-state index contributed by atoms with van der Waals surface area (Å²) < 4.78 is 7.85. The number of nitrogens with zero attached hydrogens (tertiary/aromatic N) is 1. The molecule has 1 aromatic heterocycles. The largest absolute Gasteiger partial charge is 0.481 e. The molecule has 144 valence electrons. The van der Waals surface area contributed by atoms with Crippen molar-refractivity contribution in [3.8, 4) is 5.75 Å². The Morgan fingerprint density at radius 3 is 2.64 bits per heavy atom. The number of hydrogen-bond donors (Lipinski definition) is 2. The van der Waals surface area contributed by atoms with E-state index >= 15 is 0 Å². The highest BCUT2D eigenvalue weighted by atomic mass is 16.5. The van der Waals surface area contributed by atoms with E-state index in [4.69, 9.17) is 15.6 Å². The first-order chi connectivity index (χ1) is 13.5. The van der Waals surface area contributed by atoms with E-state index in [1.54, 1.807) is 6.07 Å². The fraction of sp³-hybridized carbons (Fsp3) is 0.273. The molecule has 0 radical (unpaired) electrons. The number of fused-ring (bicyclic) bond motifs is 3. The number of hydrogen-bond acceptors (Lipinski definition) is 3. The lowest BCUT2D eigenvalue weighted by atomic mass is 9.96.